The smallest absolute Gasteiger partial charge is 0.216 e. The standard InChI is InChI=1S/C22H35N5O/c1-8-23-21(26-15-20-24-14-19(28-20)22(3,4)5)25-13-18(27(6)7)17-11-9-16(2)10-12-17/h9-12,14,18H,8,13,15H2,1-7H3,(H2,23,25,26). The van der Waals surface area contributed by atoms with Crippen LogP contribution in [-0.2, 0) is 12.0 Å². The number of likely N-dealkylation sites (N-methyl/N-ethyl adjacent to an activating group) is 1. The Morgan fingerprint density at radius 1 is 1.18 bits per heavy atom. The maximum atomic E-state index is 5.84. The van der Waals surface area contributed by atoms with Crippen LogP contribution in [0.2, 0.25) is 0 Å². The molecule has 2 rings (SSSR count). The van der Waals surface area contributed by atoms with Crippen LogP contribution in [0, 0.1) is 6.92 Å². The lowest BCUT2D eigenvalue weighted by atomic mass is 9.94. The molecule has 0 spiro atoms. The van der Waals surface area contributed by atoms with Gasteiger partial charge in [0.2, 0.25) is 5.89 Å². The molecule has 6 heteroatoms. The molecule has 0 fully saturated rings. The lowest BCUT2D eigenvalue weighted by molar-refractivity contribution is 0.298. The number of oxazole rings is 1. The second-order valence-corrected chi connectivity index (χ2v) is 8.33. The number of benzene rings is 1. The van der Waals surface area contributed by atoms with Crippen molar-refractivity contribution in [2.75, 3.05) is 27.2 Å². The zero-order valence-electron chi connectivity index (χ0n) is 18.3. The average Bonchev–Trinajstić information content (AvgIpc) is 3.10. The molecule has 1 aromatic heterocycles. The molecule has 1 heterocycles. The highest BCUT2D eigenvalue weighted by atomic mass is 16.4. The third kappa shape index (κ3) is 6.37. The molecule has 0 saturated heterocycles. The number of hydrogen-bond donors (Lipinski definition) is 2. The first kappa shape index (κ1) is 22.0. The zero-order chi connectivity index (χ0) is 20.7. The fraction of sp³-hybridized carbons (Fsp3) is 0.545. The summed E-state index contributed by atoms with van der Waals surface area (Å²) in [6.07, 6.45) is 1.80. The summed E-state index contributed by atoms with van der Waals surface area (Å²) in [5, 5.41) is 6.75. The molecular weight excluding hydrogens is 350 g/mol. The average molecular weight is 386 g/mol. The third-order valence-corrected chi connectivity index (χ3v) is 4.56. The zero-order valence-corrected chi connectivity index (χ0v) is 18.3. The van der Waals surface area contributed by atoms with Crippen molar-refractivity contribution in [1.82, 2.24) is 20.5 Å². The van der Waals surface area contributed by atoms with E-state index in [0.717, 1.165) is 24.8 Å². The van der Waals surface area contributed by atoms with Crippen LogP contribution in [0.5, 0.6) is 0 Å². The Labute approximate surface area is 169 Å². The lowest BCUT2D eigenvalue weighted by Crippen LogP contribution is -2.41. The highest BCUT2D eigenvalue weighted by Crippen LogP contribution is 2.23. The summed E-state index contributed by atoms with van der Waals surface area (Å²) < 4.78 is 5.84. The maximum Gasteiger partial charge on any atom is 0.216 e. The largest absolute Gasteiger partial charge is 0.443 e. The van der Waals surface area contributed by atoms with Gasteiger partial charge in [-0.2, -0.15) is 0 Å². The Morgan fingerprint density at radius 2 is 1.86 bits per heavy atom. The normalized spacial score (nSPS) is 13.6. The first-order valence-corrected chi connectivity index (χ1v) is 9.91. The monoisotopic (exact) mass is 385 g/mol. The number of nitrogens with one attached hydrogen (secondary N) is 2. The van der Waals surface area contributed by atoms with Gasteiger partial charge in [0, 0.05) is 18.5 Å². The molecule has 0 saturated carbocycles. The number of aromatic nitrogens is 1. The fourth-order valence-corrected chi connectivity index (χ4v) is 2.80. The second kappa shape index (κ2) is 9.73. The number of hydrogen-bond acceptors (Lipinski definition) is 4. The Morgan fingerprint density at radius 3 is 2.39 bits per heavy atom. The molecule has 1 atom stereocenters. The third-order valence-electron chi connectivity index (χ3n) is 4.56. The van der Waals surface area contributed by atoms with Crippen molar-refractivity contribution < 1.29 is 4.42 Å². The van der Waals surface area contributed by atoms with E-state index in [1.54, 1.807) is 6.20 Å². The number of aliphatic imine (C=N–C) groups is 1. The highest BCUT2D eigenvalue weighted by Gasteiger charge is 2.19. The van der Waals surface area contributed by atoms with E-state index in [1.165, 1.54) is 11.1 Å². The highest BCUT2D eigenvalue weighted by molar-refractivity contribution is 5.79. The molecular formula is C22H35N5O. The Kier molecular flexibility index (Phi) is 7.63. The van der Waals surface area contributed by atoms with E-state index >= 15 is 0 Å². The number of aryl methyl sites for hydroxylation is 1. The van der Waals surface area contributed by atoms with Crippen molar-refractivity contribution in [2.24, 2.45) is 4.99 Å². The molecule has 154 valence electrons. The minimum atomic E-state index is -0.0509. The van der Waals surface area contributed by atoms with E-state index in [2.05, 4.69) is 98.5 Å². The summed E-state index contributed by atoms with van der Waals surface area (Å²) >= 11 is 0. The second-order valence-electron chi connectivity index (χ2n) is 8.33. The van der Waals surface area contributed by atoms with Crippen molar-refractivity contribution in [3.63, 3.8) is 0 Å². The van der Waals surface area contributed by atoms with Crippen LogP contribution in [0.15, 0.2) is 39.9 Å². The molecule has 0 aliphatic heterocycles. The molecule has 2 N–H and O–H groups in total. The molecule has 0 radical (unpaired) electrons. The molecule has 28 heavy (non-hydrogen) atoms. The van der Waals surface area contributed by atoms with Gasteiger partial charge in [-0.25, -0.2) is 9.98 Å². The predicted octanol–water partition coefficient (Wildman–Crippen LogP) is 3.64. The molecule has 1 aromatic carbocycles. The summed E-state index contributed by atoms with van der Waals surface area (Å²) in [6.45, 7) is 12.4. The van der Waals surface area contributed by atoms with Crippen LogP contribution in [0.3, 0.4) is 0 Å². The summed E-state index contributed by atoms with van der Waals surface area (Å²) in [6, 6.07) is 8.93. The topological polar surface area (TPSA) is 65.7 Å². The molecule has 0 aliphatic carbocycles. The molecule has 1 unspecified atom stereocenters. The SMILES string of the molecule is CCNC(=NCc1ncc(C(C)(C)C)o1)NCC(c1ccc(C)cc1)N(C)C. The van der Waals surface area contributed by atoms with E-state index in [0.29, 0.717) is 12.4 Å². The van der Waals surface area contributed by atoms with E-state index in [-0.39, 0.29) is 11.5 Å². The van der Waals surface area contributed by atoms with E-state index in [9.17, 15) is 0 Å². The van der Waals surface area contributed by atoms with Crippen LogP contribution in [0.1, 0.15) is 56.5 Å². The van der Waals surface area contributed by atoms with Gasteiger partial charge in [0.1, 0.15) is 12.3 Å². The quantitative estimate of drug-likeness (QED) is 0.563. The van der Waals surface area contributed by atoms with Gasteiger partial charge in [-0.05, 0) is 33.5 Å². The Balaban J connectivity index is 2.05. The predicted molar refractivity (Wildman–Crippen MR) is 116 cm³/mol. The van der Waals surface area contributed by atoms with Crippen LogP contribution in [0.4, 0.5) is 0 Å². The fourth-order valence-electron chi connectivity index (χ4n) is 2.80. The maximum absolute atomic E-state index is 5.84. The van der Waals surface area contributed by atoms with Crippen molar-refractivity contribution in [3.05, 3.63) is 53.2 Å². The van der Waals surface area contributed by atoms with Crippen LogP contribution < -0.4 is 10.6 Å². The van der Waals surface area contributed by atoms with Crippen molar-refractivity contribution in [2.45, 2.75) is 52.6 Å². The van der Waals surface area contributed by atoms with Crippen LogP contribution in [-0.4, -0.2) is 43.0 Å². The Bertz CT molecular complexity index is 756. The van der Waals surface area contributed by atoms with Crippen molar-refractivity contribution >= 4 is 5.96 Å². The first-order valence-electron chi connectivity index (χ1n) is 9.91. The minimum Gasteiger partial charge on any atom is -0.443 e. The van der Waals surface area contributed by atoms with Gasteiger partial charge in [-0.15, -0.1) is 0 Å². The van der Waals surface area contributed by atoms with Crippen molar-refractivity contribution in [3.8, 4) is 0 Å². The lowest BCUT2D eigenvalue weighted by Gasteiger charge is -2.26. The van der Waals surface area contributed by atoms with Crippen LogP contribution in [0.25, 0.3) is 0 Å². The number of guanidine groups is 1. The summed E-state index contributed by atoms with van der Waals surface area (Å²) in [5.41, 5.74) is 2.50. The van der Waals surface area contributed by atoms with Gasteiger partial charge < -0.3 is 20.0 Å². The van der Waals surface area contributed by atoms with Gasteiger partial charge in [-0.1, -0.05) is 50.6 Å². The molecule has 2 aromatic rings. The van der Waals surface area contributed by atoms with E-state index in [4.69, 9.17) is 4.42 Å². The molecule has 0 amide bonds. The number of rotatable bonds is 7. The molecule has 0 bridgehead atoms. The summed E-state index contributed by atoms with van der Waals surface area (Å²) in [5.74, 6) is 2.27. The summed E-state index contributed by atoms with van der Waals surface area (Å²) in [7, 11) is 4.19. The molecule has 6 nitrogen and oxygen atoms in total. The van der Waals surface area contributed by atoms with Gasteiger partial charge in [-0.3, -0.25) is 0 Å². The first-order chi connectivity index (χ1) is 13.2. The number of nitrogens with zero attached hydrogens (tertiary/aromatic N) is 3. The summed E-state index contributed by atoms with van der Waals surface area (Å²) in [4.78, 5) is 11.2. The van der Waals surface area contributed by atoms with Crippen molar-refractivity contribution in [1.29, 1.82) is 0 Å². The minimum absolute atomic E-state index is 0.0509. The van der Waals surface area contributed by atoms with E-state index < -0.39 is 0 Å². The Hall–Kier alpha value is -2.34. The molecule has 0 aliphatic rings. The van der Waals surface area contributed by atoms with Gasteiger partial charge >= 0.3 is 0 Å². The van der Waals surface area contributed by atoms with Gasteiger partial charge in [0.25, 0.3) is 0 Å². The van der Waals surface area contributed by atoms with Gasteiger partial charge in [0.05, 0.1) is 12.2 Å². The van der Waals surface area contributed by atoms with Crippen LogP contribution >= 0.6 is 0 Å². The van der Waals surface area contributed by atoms with E-state index in [1.807, 2.05) is 0 Å². The van der Waals surface area contributed by atoms with Gasteiger partial charge in [0.15, 0.2) is 5.96 Å².